The Labute approximate surface area is 223 Å². The molecule has 6 nitrogen and oxygen atoms in total. The third-order valence-electron chi connectivity index (χ3n) is 5.49. The molecular formula is C28H18Br2N4O2. The van der Waals surface area contributed by atoms with Crippen LogP contribution in [0.25, 0.3) is 28.0 Å². The minimum atomic E-state index is -0.353. The van der Waals surface area contributed by atoms with E-state index in [-0.39, 0.29) is 11.5 Å². The normalized spacial score (nSPS) is 11.2. The second-order valence-electron chi connectivity index (χ2n) is 7.88. The van der Waals surface area contributed by atoms with Crippen LogP contribution in [0, 0.1) is 0 Å². The predicted octanol–water partition coefficient (Wildman–Crippen LogP) is 6.34. The molecule has 0 saturated heterocycles. The van der Waals surface area contributed by atoms with Gasteiger partial charge >= 0.3 is 0 Å². The van der Waals surface area contributed by atoms with Gasteiger partial charge < -0.3 is 0 Å². The van der Waals surface area contributed by atoms with Crippen LogP contribution in [-0.2, 0) is 0 Å². The van der Waals surface area contributed by atoms with E-state index in [1.165, 1.54) is 0 Å². The number of carbonyl (C=O) groups is 1. The number of hydrogen-bond donors (Lipinski definition) is 1. The number of aromatic nitrogens is 2. The largest absolute Gasteiger partial charge is 0.271 e. The van der Waals surface area contributed by atoms with Crippen molar-refractivity contribution in [1.82, 2.24) is 15.0 Å². The lowest BCUT2D eigenvalue weighted by molar-refractivity contribution is 0.0955. The van der Waals surface area contributed by atoms with Crippen molar-refractivity contribution in [1.29, 1.82) is 0 Å². The minimum Gasteiger partial charge on any atom is -0.268 e. The minimum absolute atomic E-state index is 0.217. The summed E-state index contributed by atoms with van der Waals surface area (Å²) in [5.74, 6) is 0.148. The van der Waals surface area contributed by atoms with E-state index in [9.17, 15) is 9.59 Å². The van der Waals surface area contributed by atoms with Gasteiger partial charge in [-0.25, -0.2) is 10.4 Å². The van der Waals surface area contributed by atoms with Crippen LogP contribution < -0.4 is 11.0 Å². The molecule has 0 saturated carbocycles. The summed E-state index contributed by atoms with van der Waals surface area (Å²) < 4.78 is 3.05. The van der Waals surface area contributed by atoms with Crippen LogP contribution in [0.15, 0.2) is 116 Å². The van der Waals surface area contributed by atoms with Gasteiger partial charge in [0.25, 0.3) is 11.5 Å². The summed E-state index contributed by atoms with van der Waals surface area (Å²) in [6.45, 7) is 0. The van der Waals surface area contributed by atoms with E-state index in [0.29, 0.717) is 28.0 Å². The maximum Gasteiger partial charge on any atom is 0.271 e. The number of halogens is 2. The van der Waals surface area contributed by atoms with Gasteiger partial charge in [-0.3, -0.25) is 14.2 Å². The molecule has 0 unspecified atom stereocenters. The first-order chi connectivity index (χ1) is 17.5. The molecule has 0 fully saturated rings. The van der Waals surface area contributed by atoms with Crippen LogP contribution in [0.1, 0.15) is 15.9 Å². The second kappa shape index (κ2) is 10.4. The van der Waals surface area contributed by atoms with Gasteiger partial charge in [0.05, 0.1) is 22.8 Å². The van der Waals surface area contributed by atoms with Crippen molar-refractivity contribution in [2.75, 3.05) is 0 Å². The molecule has 0 radical (unpaired) electrons. The fourth-order valence-corrected chi connectivity index (χ4v) is 5.08. The Hall–Kier alpha value is -3.88. The molecule has 176 valence electrons. The van der Waals surface area contributed by atoms with Crippen LogP contribution in [0.2, 0.25) is 0 Å². The third-order valence-corrected chi connectivity index (χ3v) is 6.55. The molecule has 8 heteroatoms. The highest BCUT2D eigenvalue weighted by molar-refractivity contribution is 9.11. The Bertz CT molecular complexity index is 1650. The molecule has 1 N–H and O–H groups in total. The van der Waals surface area contributed by atoms with Crippen molar-refractivity contribution in [3.05, 3.63) is 127 Å². The summed E-state index contributed by atoms with van der Waals surface area (Å²) in [6.07, 6.45) is 1.58. The highest BCUT2D eigenvalue weighted by atomic mass is 79.9. The molecule has 4 aromatic carbocycles. The average molecular weight is 602 g/mol. The molecule has 0 bridgehead atoms. The smallest absolute Gasteiger partial charge is 0.268 e. The number of amides is 1. The van der Waals surface area contributed by atoms with Crippen molar-refractivity contribution < 1.29 is 4.79 Å². The number of nitrogens with zero attached hydrogens (tertiary/aromatic N) is 3. The van der Waals surface area contributed by atoms with Crippen molar-refractivity contribution >= 4 is 54.9 Å². The number of carbonyl (C=O) groups excluding carboxylic acids is 1. The van der Waals surface area contributed by atoms with E-state index in [1.54, 1.807) is 41.1 Å². The molecule has 0 aliphatic rings. The highest BCUT2D eigenvalue weighted by Crippen LogP contribution is 2.29. The quantitative estimate of drug-likeness (QED) is 0.189. The topological polar surface area (TPSA) is 76.3 Å². The lowest BCUT2D eigenvalue weighted by Gasteiger charge is -2.15. The molecular weight excluding hydrogens is 584 g/mol. The van der Waals surface area contributed by atoms with Gasteiger partial charge in [-0.05, 0) is 57.9 Å². The van der Waals surface area contributed by atoms with Gasteiger partial charge in [-0.15, -0.1) is 0 Å². The summed E-state index contributed by atoms with van der Waals surface area (Å²) in [5.41, 5.74) is 5.57. The maximum absolute atomic E-state index is 13.7. The van der Waals surface area contributed by atoms with Crippen LogP contribution in [0.5, 0.6) is 0 Å². The Balaban J connectivity index is 1.54. The molecule has 1 aromatic heterocycles. The van der Waals surface area contributed by atoms with Crippen LogP contribution in [-0.4, -0.2) is 21.7 Å². The Kier molecular flexibility index (Phi) is 6.88. The van der Waals surface area contributed by atoms with Crippen LogP contribution in [0.4, 0.5) is 0 Å². The average Bonchev–Trinajstić information content (AvgIpc) is 2.90. The Morgan fingerprint density at radius 3 is 2.25 bits per heavy atom. The van der Waals surface area contributed by atoms with Crippen molar-refractivity contribution in [3.8, 4) is 17.1 Å². The first kappa shape index (κ1) is 23.8. The second-order valence-corrected chi connectivity index (χ2v) is 9.65. The number of rotatable bonds is 5. The summed E-state index contributed by atoms with van der Waals surface area (Å²) in [7, 11) is 0. The summed E-state index contributed by atoms with van der Waals surface area (Å²) in [6, 6.07) is 29.4. The third kappa shape index (κ3) is 4.91. The first-order valence-electron chi connectivity index (χ1n) is 11.0. The molecule has 0 aliphatic heterocycles. The van der Waals surface area contributed by atoms with Gasteiger partial charge in [-0.2, -0.15) is 5.10 Å². The SMILES string of the molecule is O=C(N/N=C/c1ccccc1)c1ccc(-n2c(-c3ccccc3)nc3c(Br)cc(Br)cc3c2=O)cc1. The fourth-order valence-electron chi connectivity index (χ4n) is 3.77. The van der Waals surface area contributed by atoms with Crippen molar-refractivity contribution in [3.63, 3.8) is 0 Å². The van der Waals surface area contributed by atoms with Gasteiger partial charge in [-0.1, -0.05) is 76.6 Å². The van der Waals surface area contributed by atoms with Crippen LogP contribution >= 0.6 is 31.9 Å². The van der Waals surface area contributed by atoms with Gasteiger partial charge in [0, 0.05) is 20.1 Å². The lowest BCUT2D eigenvalue weighted by Crippen LogP contribution is -2.22. The molecule has 0 aliphatic carbocycles. The summed E-state index contributed by atoms with van der Waals surface area (Å²) in [4.78, 5) is 31.1. The van der Waals surface area contributed by atoms with E-state index >= 15 is 0 Å². The zero-order chi connectivity index (χ0) is 25.1. The zero-order valence-corrected chi connectivity index (χ0v) is 21.9. The Morgan fingerprint density at radius 1 is 0.889 bits per heavy atom. The fraction of sp³-hybridized carbons (Fsp3) is 0. The molecule has 0 spiro atoms. The number of hydrazone groups is 1. The number of benzene rings is 4. The summed E-state index contributed by atoms with van der Waals surface area (Å²) in [5, 5.41) is 4.48. The maximum atomic E-state index is 13.7. The van der Waals surface area contributed by atoms with Gasteiger partial charge in [0.15, 0.2) is 0 Å². The van der Waals surface area contributed by atoms with Gasteiger partial charge in [0.1, 0.15) is 5.82 Å². The molecule has 5 aromatic rings. The number of hydrogen-bond acceptors (Lipinski definition) is 4. The molecule has 36 heavy (non-hydrogen) atoms. The van der Waals surface area contributed by atoms with E-state index < -0.39 is 0 Å². The zero-order valence-electron chi connectivity index (χ0n) is 18.7. The van der Waals surface area contributed by atoms with Gasteiger partial charge in [0.2, 0.25) is 0 Å². The van der Waals surface area contributed by atoms with E-state index in [2.05, 4.69) is 42.4 Å². The highest BCUT2D eigenvalue weighted by Gasteiger charge is 2.17. The molecule has 1 amide bonds. The Morgan fingerprint density at radius 2 is 1.56 bits per heavy atom. The van der Waals surface area contributed by atoms with Crippen LogP contribution in [0.3, 0.4) is 0 Å². The number of fused-ring (bicyclic) bond motifs is 1. The summed E-state index contributed by atoms with van der Waals surface area (Å²) >= 11 is 6.99. The van der Waals surface area contributed by atoms with E-state index in [4.69, 9.17) is 4.98 Å². The molecule has 1 heterocycles. The van der Waals surface area contributed by atoms with E-state index in [0.717, 1.165) is 20.1 Å². The first-order valence-corrected chi connectivity index (χ1v) is 12.6. The molecule has 0 atom stereocenters. The number of nitrogens with one attached hydrogen (secondary N) is 1. The van der Waals surface area contributed by atoms with E-state index in [1.807, 2.05) is 66.7 Å². The van der Waals surface area contributed by atoms with Crippen molar-refractivity contribution in [2.24, 2.45) is 5.10 Å². The molecule has 5 rings (SSSR count). The predicted molar refractivity (Wildman–Crippen MR) is 150 cm³/mol. The van der Waals surface area contributed by atoms with Crippen molar-refractivity contribution in [2.45, 2.75) is 0 Å². The monoisotopic (exact) mass is 600 g/mol. The standard InChI is InChI=1S/C28H18Br2N4O2/c29-21-15-23-25(24(30)16-21)32-26(19-9-5-2-6-10-19)34(28(23)36)22-13-11-20(12-14-22)27(35)33-31-17-18-7-3-1-4-8-18/h1-17H,(H,33,35)/b31-17+. The lowest BCUT2D eigenvalue weighted by atomic mass is 10.1.